The molecule has 2 saturated heterocycles. The van der Waals surface area contributed by atoms with Crippen molar-refractivity contribution in [2.75, 3.05) is 24.7 Å². The predicted molar refractivity (Wildman–Crippen MR) is 79.0 cm³/mol. The van der Waals surface area contributed by atoms with Crippen molar-refractivity contribution in [3.05, 3.63) is 24.1 Å². The molecule has 2 aliphatic heterocycles. The van der Waals surface area contributed by atoms with Crippen LogP contribution in [-0.4, -0.2) is 42.9 Å². The van der Waals surface area contributed by atoms with E-state index in [-0.39, 0.29) is 17.9 Å². The Bertz CT molecular complexity index is 517. The fourth-order valence-electron chi connectivity index (χ4n) is 3.08. The average molecular weight is 308 g/mol. The van der Waals surface area contributed by atoms with E-state index in [1.54, 1.807) is 11.0 Å². The number of hydrogen-bond acceptors (Lipinski definition) is 4. The van der Waals surface area contributed by atoms with Crippen molar-refractivity contribution in [1.29, 1.82) is 0 Å². The Morgan fingerprint density at radius 1 is 1.27 bits per heavy atom. The van der Waals surface area contributed by atoms with Crippen LogP contribution in [0.15, 0.2) is 18.3 Å². The van der Waals surface area contributed by atoms with Gasteiger partial charge in [-0.05, 0) is 37.3 Å². The Balaban J connectivity index is 1.87. The van der Waals surface area contributed by atoms with Crippen molar-refractivity contribution in [3.8, 4) is 0 Å². The minimum atomic E-state index is -0.435. The van der Waals surface area contributed by atoms with Gasteiger partial charge in [0.05, 0.1) is 6.20 Å². The Morgan fingerprint density at radius 2 is 2.05 bits per heavy atom. The molecule has 0 bridgehead atoms. The quantitative estimate of drug-likeness (QED) is 0.858. The minimum Gasteiger partial charge on any atom is -0.381 e. The maximum Gasteiger partial charge on any atom is 0.257 e. The number of hydrogen-bond donors (Lipinski definition) is 0. The summed E-state index contributed by atoms with van der Waals surface area (Å²) in [6, 6.07) is 2.92. The zero-order chi connectivity index (χ0) is 15.5. The summed E-state index contributed by atoms with van der Waals surface area (Å²) in [5.74, 6) is 0.195. The molecule has 5 nitrogen and oxygen atoms in total. The Labute approximate surface area is 129 Å². The highest BCUT2D eigenvalue weighted by Crippen LogP contribution is 2.28. The molecule has 2 fully saturated rings. The molecule has 1 aromatic heterocycles. The van der Waals surface area contributed by atoms with Crippen LogP contribution in [0, 0.1) is 11.7 Å². The highest BCUT2D eigenvalue weighted by molar-refractivity contribution is 5.96. The van der Waals surface area contributed by atoms with E-state index in [2.05, 4.69) is 4.98 Å². The lowest BCUT2D eigenvalue weighted by atomic mass is 10.0. The Hall–Kier alpha value is -1.53. The van der Waals surface area contributed by atoms with E-state index in [0.29, 0.717) is 25.6 Å². The first-order chi connectivity index (χ1) is 10.7. The number of amides is 1. The maximum atomic E-state index is 13.1. The topological polar surface area (TPSA) is 51.7 Å². The molecule has 6 heteroatoms. The zero-order valence-corrected chi connectivity index (χ0v) is 12.7. The lowest BCUT2D eigenvalue weighted by molar-refractivity contribution is -0.129. The molecule has 1 aromatic rings. The number of rotatable bonds is 3. The molecule has 22 heavy (non-hydrogen) atoms. The van der Waals surface area contributed by atoms with Gasteiger partial charge in [0, 0.05) is 25.9 Å². The number of carbonyl (C=O) groups excluding carboxylic acids is 1. The van der Waals surface area contributed by atoms with Crippen molar-refractivity contribution < 1.29 is 18.7 Å². The Morgan fingerprint density at radius 3 is 2.64 bits per heavy atom. The summed E-state index contributed by atoms with van der Waals surface area (Å²) in [7, 11) is 0. The molecule has 0 radical (unpaired) electrons. The van der Waals surface area contributed by atoms with Crippen molar-refractivity contribution in [2.45, 2.75) is 38.3 Å². The van der Waals surface area contributed by atoms with Crippen LogP contribution in [0.4, 0.5) is 10.2 Å². The van der Waals surface area contributed by atoms with E-state index in [1.165, 1.54) is 6.07 Å². The molecule has 3 heterocycles. The molecule has 2 atom stereocenters. The number of halogens is 1. The molecule has 1 amide bonds. The van der Waals surface area contributed by atoms with Gasteiger partial charge in [-0.2, -0.15) is 0 Å². The third-order valence-electron chi connectivity index (χ3n) is 4.38. The maximum absolute atomic E-state index is 13.1. The third-order valence-corrected chi connectivity index (χ3v) is 4.38. The van der Waals surface area contributed by atoms with Gasteiger partial charge < -0.3 is 9.47 Å². The van der Waals surface area contributed by atoms with Crippen LogP contribution in [0.1, 0.15) is 26.2 Å². The van der Waals surface area contributed by atoms with E-state index < -0.39 is 11.9 Å². The van der Waals surface area contributed by atoms with E-state index in [9.17, 15) is 9.18 Å². The van der Waals surface area contributed by atoms with Gasteiger partial charge in [0.1, 0.15) is 17.7 Å². The SMILES string of the molecule is C[C@H]1CCO[C@@H]1C(=O)N(c1ccc(F)cn1)C1CCOCC1. The highest BCUT2D eigenvalue weighted by atomic mass is 19.1. The van der Waals surface area contributed by atoms with Gasteiger partial charge in [0.15, 0.2) is 0 Å². The van der Waals surface area contributed by atoms with Crippen LogP contribution in [-0.2, 0) is 14.3 Å². The van der Waals surface area contributed by atoms with Gasteiger partial charge in [-0.3, -0.25) is 9.69 Å². The summed E-state index contributed by atoms with van der Waals surface area (Å²) in [6.45, 7) is 3.87. The van der Waals surface area contributed by atoms with Crippen molar-refractivity contribution >= 4 is 11.7 Å². The second-order valence-electron chi connectivity index (χ2n) is 5.94. The molecular weight excluding hydrogens is 287 g/mol. The molecule has 0 aromatic carbocycles. The number of ether oxygens (including phenoxy) is 2. The van der Waals surface area contributed by atoms with Crippen LogP contribution in [0.3, 0.4) is 0 Å². The number of anilines is 1. The molecule has 0 aliphatic carbocycles. The summed E-state index contributed by atoms with van der Waals surface area (Å²) in [5, 5.41) is 0. The largest absolute Gasteiger partial charge is 0.381 e. The van der Waals surface area contributed by atoms with Crippen LogP contribution in [0.5, 0.6) is 0 Å². The fourth-order valence-corrected chi connectivity index (χ4v) is 3.08. The fraction of sp³-hybridized carbons (Fsp3) is 0.625. The minimum absolute atomic E-state index is 0.0237. The lowest BCUT2D eigenvalue weighted by Crippen LogP contribution is -2.49. The van der Waals surface area contributed by atoms with Crippen molar-refractivity contribution in [3.63, 3.8) is 0 Å². The van der Waals surface area contributed by atoms with Gasteiger partial charge in [0.25, 0.3) is 5.91 Å². The van der Waals surface area contributed by atoms with Crippen LogP contribution in [0.25, 0.3) is 0 Å². The van der Waals surface area contributed by atoms with E-state index in [0.717, 1.165) is 25.5 Å². The zero-order valence-electron chi connectivity index (χ0n) is 12.7. The molecule has 2 aliphatic rings. The van der Waals surface area contributed by atoms with Gasteiger partial charge in [-0.1, -0.05) is 6.92 Å². The molecule has 0 saturated carbocycles. The number of aromatic nitrogens is 1. The number of pyridine rings is 1. The summed E-state index contributed by atoms with van der Waals surface area (Å²) in [4.78, 5) is 18.8. The molecule has 0 unspecified atom stereocenters. The lowest BCUT2D eigenvalue weighted by Gasteiger charge is -2.35. The third kappa shape index (κ3) is 3.13. The predicted octanol–water partition coefficient (Wildman–Crippen LogP) is 2.16. The molecule has 0 N–H and O–H groups in total. The average Bonchev–Trinajstić information content (AvgIpc) is 2.96. The molecular formula is C16H21FN2O3. The van der Waals surface area contributed by atoms with Crippen LogP contribution in [0.2, 0.25) is 0 Å². The normalized spacial score (nSPS) is 26.1. The van der Waals surface area contributed by atoms with Crippen LogP contribution < -0.4 is 4.90 Å². The van der Waals surface area contributed by atoms with Crippen molar-refractivity contribution in [1.82, 2.24) is 4.98 Å². The first-order valence-corrected chi connectivity index (χ1v) is 7.81. The molecule has 120 valence electrons. The van der Waals surface area contributed by atoms with Gasteiger partial charge >= 0.3 is 0 Å². The first kappa shape index (κ1) is 15.4. The van der Waals surface area contributed by atoms with E-state index in [4.69, 9.17) is 9.47 Å². The van der Waals surface area contributed by atoms with Crippen LogP contribution >= 0.6 is 0 Å². The van der Waals surface area contributed by atoms with E-state index >= 15 is 0 Å². The highest BCUT2D eigenvalue weighted by Gasteiger charge is 2.38. The number of carbonyl (C=O) groups is 1. The molecule has 0 spiro atoms. The second kappa shape index (κ2) is 6.71. The summed E-state index contributed by atoms with van der Waals surface area (Å²) in [5.41, 5.74) is 0. The standard InChI is InChI=1S/C16H21FN2O3/c1-11-4-9-22-15(11)16(20)19(13-5-7-21-8-6-13)14-3-2-12(17)10-18-14/h2-3,10-11,13,15H,4-9H2,1H3/t11-,15-/m0/s1. The van der Waals surface area contributed by atoms with Gasteiger partial charge in [-0.15, -0.1) is 0 Å². The van der Waals surface area contributed by atoms with Gasteiger partial charge in [0.2, 0.25) is 0 Å². The second-order valence-corrected chi connectivity index (χ2v) is 5.94. The Kier molecular flexibility index (Phi) is 4.69. The first-order valence-electron chi connectivity index (χ1n) is 7.81. The van der Waals surface area contributed by atoms with Crippen molar-refractivity contribution in [2.24, 2.45) is 5.92 Å². The number of nitrogens with zero attached hydrogens (tertiary/aromatic N) is 2. The molecule has 3 rings (SSSR count). The van der Waals surface area contributed by atoms with Gasteiger partial charge in [-0.25, -0.2) is 9.37 Å². The summed E-state index contributed by atoms with van der Waals surface area (Å²) >= 11 is 0. The smallest absolute Gasteiger partial charge is 0.257 e. The monoisotopic (exact) mass is 308 g/mol. The summed E-state index contributed by atoms with van der Waals surface area (Å²) in [6.07, 6.45) is 3.11. The van der Waals surface area contributed by atoms with E-state index in [1.807, 2.05) is 6.92 Å². The summed E-state index contributed by atoms with van der Waals surface area (Å²) < 4.78 is 24.1.